The molecule has 0 aliphatic carbocycles. The summed E-state index contributed by atoms with van der Waals surface area (Å²) in [6.45, 7) is 2.55. The molecule has 0 bridgehead atoms. The zero-order valence-corrected chi connectivity index (χ0v) is 13.1. The maximum atomic E-state index is 13.4. The van der Waals surface area contributed by atoms with Gasteiger partial charge in [-0.25, -0.2) is 4.39 Å². The molecule has 0 saturated carbocycles. The van der Waals surface area contributed by atoms with Gasteiger partial charge in [-0.05, 0) is 22.9 Å². The summed E-state index contributed by atoms with van der Waals surface area (Å²) in [7, 11) is 0. The molecule has 1 aromatic heterocycles. The highest BCUT2D eigenvalue weighted by Gasteiger charge is 2.18. The van der Waals surface area contributed by atoms with E-state index in [9.17, 15) is 9.18 Å². The zero-order chi connectivity index (χ0) is 15.4. The normalized spacial score (nSPS) is 15.6. The Morgan fingerprint density at radius 1 is 1.23 bits per heavy atom. The largest absolute Gasteiger partial charge is 0.295 e. The highest BCUT2D eigenvalue weighted by molar-refractivity contribution is 7.08. The number of thiophene rings is 1. The minimum Gasteiger partial charge on any atom is -0.295 e. The summed E-state index contributed by atoms with van der Waals surface area (Å²) >= 11 is 1.30. The molecule has 1 aliphatic heterocycles. The third-order valence-corrected chi connectivity index (χ3v) is 4.70. The van der Waals surface area contributed by atoms with E-state index in [1.165, 1.54) is 22.3 Å². The van der Waals surface area contributed by atoms with Gasteiger partial charge in [0.1, 0.15) is 5.82 Å². The van der Waals surface area contributed by atoms with Crippen LogP contribution in [0.25, 0.3) is 0 Å². The summed E-state index contributed by atoms with van der Waals surface area (Å²) in [6, 6.07) is 10.3. The molecular formula is C18H18FNOS. The average Bonchev–Trinajstić information content (AvgIpc) is 2.94. The first kappa shape index (κ1) is 15.1. The number of carbonyl (C=O) groups is 1. The lowest BCUT2D eigenvalue weighted by Crippen LogP contribution is -2.30. The molecule has 2 nitrogen and oxygen atoms in total. The molecule has 0 spiro atoms. The summed E-state index contributed by atoms with van der Waals surface area (Å²) in [4.78, 5) is 14.6. The third kappa shape index (κ3) is 3.70. The Balaban J connectivity index is 1.57. The lowest BCUT2D eigenvalue weighted by molar-refractivity contribution is -0.115. The Morgan fingerprint density at radius 2 is 2.05 bits per heavy atom. The fourth-order valence-corrected chi connectivity index (χ4v) is 3.37. The van der Waals surface area contributed by atoms with Crippen LogP contribution in [0.3, 0.4) is 0 Å². The van der Waals surface area contributed by atoms with Crippen LogP contribution in [0.4, 0.5) is 4.39 Å². The first-order chi connectivity index (χ1) is 10.7. The van der Waals surface area contributed by atoms with E-state index in [0.29, 0.717) is 5.56 Å². The number of rotatable bonds is 5. The van der Waals surface area contributed by atoms with Crippen molar-refractivity contribution in [1.82, 2.24) is 4.90 Å². The molecule has 3 rings (SSSR count). The van der Waals surface area contributed by atoms with Gasteiger partial charge in [0.05, 0.1) is 0 Å². The molecular weight excluding hydrogens is 297 g/mol. The van der Waals surface area contributed by atoms with E-state index in [1.807, 2.05) is 24.3 Å². The average molecular weight is 315 g/mol. The predicted octanol–water partition coefficient (Wildman–Crippen LogP) is 3.83. The van der Waals surface area contributed by atoms with Crippen molar-refractivity contribution >= 4 is 17.1 Å². The van der Waals surface area contributed by atoms with Gasteiger partial charge in [0.2, 0.25) is 0 Å². The van der Waals surface area contributed by atoms with E-state index in [-0.39, 0.29) is 18.0 Å². The molecule has 0 fully saturated rings. The molecule has 0 amide bonds. The Morgan fingerprint density at radius 3 is 2.68 bits per heavy atom. The maximum Gasteiger partial charge on any atom is 0.163 e. The summed E-state index contributed by atoms with van der Waals surface area (Å²) in [5.74, 6) is -0.211. The monoisotopic (exact) mass is 315 g/mol. The lowest BCUT2D eigenvalue weighted by Gasteiger charge is -2.25. The van der Waals surface area contributed by atoms with Gasteiger partial charge in [0, 0.05) is 37.0 Å². The maximum absolute atomic E-state index is 13.4. The molecule has 0 unspecified atom stereocenters. The van der Waals surface area contributed by atoms with Gasteiger partial charge in [0.25, 0.3) is 0 Å². The highest BCUT2D eigenvalue weighted by atomic mass is 32.1. The molecule has 114 valence electrons. The number of benzene rings is 1. The Kier molecular flexibility index (Phi) is 4.80. The number of hydrogen-bond acceptors (Lipinski definition) is 3. The van der Waals surface area contributed by atoms with Crippen molar-refractivity contribution in [2.45, 2.75) is 19.4 Å². The van der Waals surface area contributed by atoms with Crippen LogP contribution in [-0.2, 0) is 17.8 Å². The number of hydrogen-bond donors (Lipinski definition) is 0. The van der Waals surface area contributed by atoms with Crippen LogP contribution < -0.4 is 0 Å². The first-order valence-electron chi connectivity index (χ1n) is 7.41. The summed E-state index contributed by atoms with van der Waals surface area (Å²) in [5, 5.41) is 3.16. The Hall–Kier alpha value is -1.78. The van der Waals surface area contributed by atoms with Gasteiger partial charge in [-0.3, -0.25) is 9.69 Å². The highest BCUT2D eigenvalue weighted by Crippen LogP contribution is 2.19. The van der Waals surface area contributed by atoms with Gasteiger partial charge in [-0.1, -0.05) is 36.4 Å². The Bertz CT molecular complexity index is 677. The van der Waals surface area contributed by atoms with Gasteiger partial charge in [0.15, 0.2) is 5.78 Å². The van der Waals surface area contributed by atoms with Crippen LogP contribution in [-0.4, -0.2) is 23.8 Å². The molecule has 0 saturated heterocycles. The summed E-state index contributed by atoms with van der Waals surface area (Å²) in [5.41, 5.74) is 2.64. The molecule has 2 aromatic rings. The van der Waals surface area contributed by atoms with Crippen LogP contribution >= 0.6 is 11.3 Å². The molecule has 0 N–H and O–H groups in total. The number of nitrogens with zero attached hydrogens (tertiary/aromatic N) is 1. The van der Waals surface area contributed by atoms with Crippen molar-refractivity contribution in [3.8, 4) is 0 Å². The first-order valence-corrected chi connectivity index (χ1v) is 8.36. The quantitative estimate of drug-likeness (QED) is 0.836. The van der Waals surface area contributed by atoms with Crippen molar-refractivity contribution in [3.05, 3.63) is 69.7 Å². The van der Waals surface area contributed by atoms with E-state index in [4.69, 9.17) is 0 Å². The molecule has 4 heteroatoms. The van der Waals surface area contributed by atoms with E-state index in [1.54, 1.807) is 5.38 Å². The zero-order valence-electron chi connectivity index (χ0n) is 12.3. The second-order valence-electron chi connectivity index (χ2n) is 5.54. The van der Waals surface area contributed by atoms with Crippen LogP contribution in [0.1, 0.15) is 17.5 Å². The number of ketones is 1. The topological polar surface area (TPSA) is 20.3 Å². The summed E-state index contributed by atoms with van der Waals surface area (Å²) in [6.07, 6.45) is 2.93. The Labute approximate surface area is 133 Å². The SMILES string of the molecule is O=C(Cc1cscc1F)C1=CCN(Cc2ccccc2)CC1. The molecule has 0 radical (unpaired) electrons. The molecule has 1 aromatic carbocycles. The minimum absolute atomic E-state index is 0.0525. The molecule has 2 heterocycles. The van der Waals surface area contributed by atoms with Crippen LogP contribution in [0, 0.1) is 5.82 Å². The van der Waals surface area contributed by atoms with E-state index < -0.39 is 0 Å². The third-order valence-electron chi connectivity index (χ3n) is 3.94. The van der Waals surface area contributed by atoms with E-state index in [0.717, 1.165) is 31.6 Å². The standard InChI is InChI=1S/C18H18FNOS/c19-17-13-22-12-16(17)10-18(21)15-6-8-20(9-7-15)11-14-4-2-1-3-5-14/h1-6,12-13H,7-11H2. The van der Waals surface area contributed by atoms with Crippen molar-refractivity contribution in [1.29, 1.82) is 0 Å². The van der Waals surface area contributed by atoms with Gasteiger partial charge in [-0.2, -0.15) is 0 Å². The fraction of sp³-hybridized carbons (Fsp3) is 0.278. The minimum atomic E-state index is -0.263. The van der Waals surface area contributed by atoms with Gasteiger partial charge in [-0.15, -0.1) is 11.3 Å². The lowest BCUT2D eigenvalue weighted by atomic mass is 9.99. The second kappa shape index (κ2) is 6.99. The van der Waals surface area contributed by atoms with Gasteiger partial charge < -0.3 is 0 Å². The van der Waals surface area contributed by atoms with Gasteiger partial charge >= 0.3 is 0 Å². The molecule has 0 atom stereocenters. The van der Waals surface area contributed by atoms with Crippen molar-refractivity contribution in [2.75, 3.05) is 13.1 Å². The molecule has 22 heavy (non-hydrogen) atoms. The molecule has 1 aliphatic rings. The number of halogens is 1. The fourth-order valence-electron chi connectivity index (χ4n) is 2.67. The number of Topliss-reactive ketones (excluding diaryl/α,β-unsaturated/α-hetero) is 1. The number of carbonyl (C=O) groups excluding carboxylic acids is 1. The van der Waals surface area contributed by atoms with Crippen molar-refractivity contribution in [3.63, 3.8) is 0 Å². The van der Waals surface area contributed by atoms with Crippen LogP contribution in [0.2, 0.25) is 0 Å². The van der Waals surface area contributed by atoms with E-state index in [2.05, 4.69) is 17.0 Å². The summed E-state index contributed by atoms with van der Waals surface area (Å²) < 4.78 is 13.4. The van der Waals surface area contributed by atoms with Crippen LogP contribution in [0.5, 0.6) is 0 Å². The van der Waals surface area contributed by atoms with Crippen molar-refractivity contribution < 1.29 is 9.18 Å². The predicted molar refractivity (Wildman–Crippen MR) is 87.4 cm³/mol. The van der Waals surface area contributed by atoms with Crippen molar-refractivity contribution in [2.24, 2.45) is 0 Å². The smallest absolute Gasteiger partial charge is 0.163 e. The van der Waals surface area contributed by atoms with Crippen LogP contribution in [0.15, 0.2) is 52.7 Å². The van der Waals surface area contributed by atoms with E-state index >= 15 is 0 Å². The second-order valence-corrected chi connectivity index (χ2v) is 6.29.